The maximum Gasteiger partial charge on any atom is 0.186 e. The molecule has 194 valence electrons. The molecule has 9 nitrogen and oxygen atoms in total. The summed E-state index contributed by atoms with van der Waals surface area (Å²) in [7, 11) is 3.39. The Bertz CT molecular complexity index is 1130. The van der Waals surface area contributed by atoms with Crippen LogP contribution >= 0.6 is 11.3 Å². The SMILES string of the molecule is CCN(CC)CCN(Cc1ccc(OC)cc1)c1nc2ccc(OC)cc2s1.O=C([O-])/C=C/C(=O)[O-]. The summed E-state index contributed by atoms with van der Waals surface area (Å²) in [5.41, 5.74) is 2.26. The van der Waals surface area contributed by atoms with Gasteiger partial charge in [-0.2, -0.15) is 0 Å². The van der Waals surface area contributed by atoms with Crippen LogP contribution < -0.4 is 24.6 Å². The Hall–Kier alpha value is -3.63. The van der Waals surface area contributed by atoms with E-state index in [1.807, 2.05) is 24.3 Å². The lowest BCUT2D eigenvalue weighted by Gasteiger charge is -2.26. The number of carbonyl (C=O) groups excluding carboxylic acids is 2. The molecule has 1 aromatic heterocycles. The Morgan fingerprint density at radius 3 is 2.03 bits per heavy atom. The fourth-order valence-corrected chi connectivity index (χ4v) is 4.31. The highest BCUT2D eigenvalue weighted by atomic mass is 32.1. The monoisotopic (exact) mass is 513 g/mol. The number of benzene rings is 2. The van der Waals surface area contributed by atoms with Gasteiger partial charge in [-0.05, 0) is 61.1 Å². The molecule has 0 spiro atoms. The lowest BCUT2D eigenvalue weighted by molar-refractivity contribution is -0.301. The first-order chi connectivity index (χ1) is 17.3. The van der Waals surface area contributed by atoms with Crippen molar-refractivity contribution in [1.29, 1.82) is 0 Å². The number of nitrogens with zero attached hydrogens (tertiary/aromatic N) is 3. The third-order valence-electron chi connectivity index (χ3n) is 5.32. The fourth-order valence-electron chi connectivity index (χ4n) is 3.29. The van der Waals surface area contributed by atoms with Crippen LogP contribution in [0.5, 0.6) is 11.5 Å². The van der Waals surface area contributed by atoms with E-state index < -0.39 is 11.9 Å². The Morgan fingerprint density at radius 2 is 1.50 bits per heavy atom. The fraction of sp³-hybridized carbons (Fsp3) is 0.346. The van der Waals surface area contributed by atoms with Gasteiger partial charge in [0.1, 0.15) is 11.5 Å². The van der Waals surface area contributed by atoms with Crippen molar-refractivity contribution in [3.8, 4) is 11.5 Å². The highest BCUT2D eigenvalue weighted by molar-refractivity contribution is 7.22. The first-order valence-corrected chi connectivity index (χ1v) is 12.3. The number of anilines is 1. The van der Waals surface area contributed by atoms with Gasteiger partial charge in [0.25, 0.3) is 0 Å². The summed E-state index contributed by atoms with van der Waals surface area (Å²) < 4.78 is 11.8. The molecule has 0 bridgehead atoms. The quantitative estimate of drug-likeness (QED) is 0.334. The van der Waals surface area contributed by atoms with Crippen molar-refractivity contribution in [3.63, 3.8) is 0 Å². The van der Waals surface area contributed by atoms with Crippen LogP contribution in [0.4, 0.5) is 5.13 Å². The van der Waals surface area contributed by atoms with Gasteiger partial charge < -0.3 is 39.1 Å². The van der Waals surface area contributed by atoms with Gasteiger partial charge in [-0.1, -0.05) is 37.3 Å². The van der Waals surface area contributed by atoms with Gasteiger partial charge in [0, 0.05) is 19.6 Å². The van der Waals surface area contributed by atoms with Crippen LogP contribution in [0.15, 0.2) is 54.6 Å². The van der Waals surface area contributed by atoms with E-state index in [1.165, 1.54) is 5.56 Å². The number of hydrogen-bond donors (Lipinski definition) is 0. The van der Waals surface area contributed by atoms with Crippen molar-refractivity contribution >= 4 is 38.6 Å². The van der Waals surface area contributed by atoms with E-state index in [1.54, 1.807) is 25.6 Å². The minimum atomic E-state index is -1.55. The Morgan fingerprint density at radius 1 is 0.917 bits per heavy atom. The topological polar surface area (TPSA) is 118 Å². The van der Waals surface area contributed by atoms with E-state index in [0.29, 0.717) is 12.2 Å². The molecule has 1 heterocycles. The highest BCUT2D eigenvalue weighted by Gasteiger charge is 2.15. The van der Waals surface area contributed by atoms with Crippen LogP contribution in [0.2, 0.25) is 0 Å². The molecule has 0 radical (unpaired) electrons. The predicted octanol–water partition coefficient (Wildman–Crippen LogP) is 1.70. The molecule has 2 aromatic carbocycles. The van der Waals surface area contributed by atoms with Gasteiger partial charge in [-0.15, -0.1) is 0 Å². The summed E-state index contributed by atoms with van der Waals surface area (Å²) in [4.78, 5) is 28.5. The van der Waals surface area contributed by atoms with Crippen molar-refractivity contribution in [2.24, 2.45) is 0 Å². The number of likely N-dealkylation sites (N-methyl/N-ethyl adjacent to an activating group) is 1. The molecule has 0 atom stereocenters. The maximum atomic E-state index is 9.41. The number of aliphatic carboxylic acids is 2. The van der Waals surface area contributed by atoms with E-state index in [2.05, 4.69) is 41.8 Å². The van der Waals surface area contributed by atoms with Crippen molar-refractivity contribution in [2.75, 3.05) is 45.3 Å². The standard InChI is InChI=1S/C22H29N3O2S.C4H4O4/c1-5-24(6-2)13-14-25(16-17-7-9-18(26-3)10-8-17)22-23-20-12-11-19(27-4)15-21(20)28-22;5-3(6)1-2-4(7)8/h7-12,15H,5-6,13-14,16H2,1-4H3;1-2H,(H,5,6)(H,7,8)/p-2/b;2-1+. The van der Waals surface area contributed by atoms with E-state index in [9.17, 15) is 19.8 Å². The zero-order valence-corrected chi connectivity index (χ0v) is 21.7. The summed E-state index contributed by atoms with van der Waals surface area (Å²) in [6, 6.07) is 14.3. The number of carboxylic acid groups (broad SMARTS) is 2. The molecule has 0 unspecified atom stereocenters. The largest absolute Gasteiger partial charge is 0.545 e. The zero-order chi connectivity index (χ0) is 26.5. The zero-order valence-electron chi connectivity index (χ0n) is 20.9. The summed E-state index contributed by atoms with van der Waals surface area (Å²) in [6.45, 7) is 9.31. The number of thiazole rings is 1. The average molecular weight is 514 g/mol. The summed E-state index contributed by atoms with van der Waals surface area (Å²) in [5, 5.41) is 19.9. The van der Waals surface area contributed by atoms with Crippen molar-refractivity contribution < 1.29 is 29.3 Å². The molecule has 0 saturated heterocycles. The molecule has 0 aliphatic heterocycles. The third-order valence-corrected chi connectivity index (χ3v) is 6.40. The summed E-state index contributed by atoms with van der Waals surface area (Å²) >= 11 is 1.72. The van der Waals surface area contributed by atoms with Crippen molar-refractivity contribution in [1.82, 2.24) is 9.88 Å². The molecule has 0 amide bonds. The second-order valence-electron chi connectivity index (χ2n) is 7.60. The van der Waals surface area contributed by atoms with Crippen molar-refractivity contribution in [2.45, 2.75) is 20.4 Å². The van der Waals surface area contributed by atoms with E-state index in [-0.39, 0.29) is 0 Å². The summed E-state index contributed by atoms with van der Waals surface area (Å²) in [6.07, 6.45) is 0.769. The minimum absolute atomic E-state index is 0.384. The molecule has 10 heteroatoms. The van der Waals surface area contributed by atoms with Gasteiger partial charge >= 0.3 is 0 Å². The number of rotatable bonds is 12. The molecule has 0 aliphatic carbocycles. The van der Waals surface area contributed by atoms with Crippen LogP contribution in [0.25, 0.3) is 10.2 Å². The van der Waals surface area contributed by atoms with Crippen LogP contribution in [-0.2, 0) is 16.1 Å². The number of fused-ring (bicyclic) bond motifs is 1. The van der Waals surface area contributed by atoms with Gasteiger partial charge in [0.2, 0.25) is 0 Å². The van der Waals surface area contributed by atoms with Gasteiger partial charge in [0.15, 0.2) is 5.13 Å². The number of ether oxygens (including phenoxy) is 2. The lowest BCUT2D eigenvalue weighted by Crippen LogP contribution is -2.34. The summed E-state index contributed by atoms with van der Waals surface area (Å²) in [5.74, 6) is -1.35. The molecule has 0 fully saturated rings. The van der Waals surface area contributed by atoms with Gasteiger partial charge in [-0.25, -0.2) is 4.98 Å². The highest BCUT2D eigenvalue weighted by Crippen LogP contribution is 2.32. The van der Waals surface area contributed by atoms with Crippen LogP contribution in [0, 0.1) is 0 Å². The first-order valence-electron chi connectivity index (χ1n) is 11.4. The molecule has 3 rings (SSSR count). The molecule has 0 aliphatic rings. The van der Waals surface area contributed by atoms with E-state index >= 15 is 0 Å². The molecule has 3 aromatic rings. The minimum Gasteiger partial charge on any atom is -0.545 e. The predicted molar refractivity (Wildman–Crippen MR) is 137 cm³/mol. The second kappa shape index (κ2) is 14.7. The smallest absolute Gasteiger partial charge is 0.186 e. The van der Waals surface area contributed by atoms with Crippen LogP contribution in [0.1, 0.15) is 19.4 Å². The van der Waals surface area contributed by atoms with E-state index in [4.69, 9.17) is 14.5 Å². The Balaban J connectivity index is 0.000000493. The Kier molecular flexibility index (Phi) is 11.7. The molecule has 0 saturated carbocycles. The van der Waals surface area contributed by atoms with Crippen LogP contribution in [0.3, 0.4) is 0 Å². The molecule has 36 heavy (non-hydrogen) atoms. The molecule has 0 N–H and O–H groups in total. The number of hydrogen-bond acceptors (Lipinski definition) is 10. The maximum absolute atomic E-state index is 9.41. The molecular formula is C26H31N3O6S-2. The second-order valence-corrected chi connectivity index (χ2v) is 8.61. The van der Waals surface area contributed by atoms with E-state index in [0.717, 1.165) is 59.6 Å². The lowest BCUT2D eigenvalue weighted by atomic mass is 10.2. The number of carboxylic acids is 2. The average Bonchev–Trinajstić information content (AvgIpc) is 3.31. The Labute approximate surface area is 215 Å². The van der Waals surface area contributed by atoms with Crippen molar-refractivity contribution in [3.05, 3.63) is 60.2 Å². The normalized spacial score (nSPS) is 10.8. The van der Waals surface area contributed by atoms with Gasteiger partial charge in [0.05, 0.1) is 36.4 Å². The number of aromatic nitrogens is 1. The van der Waals surface area contributed by atoms with Crippen LogP contribution in [-0.4, -0.2) is 62.2 Å². The number of methoxy groups -OCH3 is 2. The first kappa shape index (κ1) is 28.6. The number of carbonyl (C=O) groups is 2. The van der Waals surface area contributed by atoms with Gasteiger partial charge in [-0.3, -0.25) is 0 Å². The molecular weight excluding hydrogens is 482 g/mol. The third kappa shape index (κ3) is 9.20.